The van der Waals surface area contributed by atoms with E-state index in [1.54, 1.807) is 0 Å². The van der Waals surface area contributed by atoms with Gasteiger partial charge in [-0.1, -0.05) is 32.4 Å². The summed E-state index contributed by atoms with van der Waals surface area (Å²) in [5, 5.41) is 0. The Morgan fingerprint density at radius 1 is 1.67 bits per heavy atom. The van der Waals surface area contributed by atoms with Gasteiger partial charge in [-0.15, -0.1) is 0 Å². The minimum absolute atomic E-state index is 0.162. The molecule has 0 saturated carbocycles. The number of rotatable bonds is 3. The molecule has 0 fully saturated rings. The van der Waals surface area contributed by atoms with E-state index in [4.69, 9.17) is 0 Å². The maximum Gasteiger partial charge on any atom is 0.125 e. The summed E-state index contributed by atoms with van der Waals surface area (Å²) >= 11 is 0. The van der Waals surface area contributed by atoms with Crippen LogP contribution in [0.5, 0.6) is 0 Å². The molecule has 0 aliphatic heterocycles. The summed E-state index contributed by atoms with van der Waals surface area (Å²) in [4.78, 5) is 10.7. The van der Waals surface area contributed by atoms with Crippen molar-refractivity contribution in [3.63, 3.8) is 0 Å². The molecule has 12 heavy (non-hydrogen) atoms. The highest BCUT2D eigenvalue weighted by Crippen LogP contribution is 2.33. The molecule has 1 atom stereocenters. The molecule has 1 rings (SSSR count). The molecule has 0 radical (unpaired) electrons. The third kappa shape index (κ3) is 2.20. The fraction of sp³-hybridized carbons (Fsp3) is 0.727. The van der Waals surface area contributed by atoms with E-state index in [2.05, 4.69) is 13.0 Å². The topological polar surface area (TPSA) is 17.1 Å². The van der Waals surface area contributed by atoms with Crippen molar-refractivity contribution < 1.29 is 4.79 Å². The van der Waals surface area contributed by atoms with Gasteiger partial charge in [-0.25, -0.2) is 0 Å². The molecule has 1 unspecified atom stereocenters. The summed E-state index contributed by atoms with van der Waals surface area (Å²) in [7, 11) is 0. The predicted octanol–water partition coefficient (Wildman–Crippen LogP) is 2.96. The van der Waals surface area contributed by atoms with Crippen LogP contribution in [-0.4, -0.2) is 6.29 Å². The monoisotopic (exact) mass is 166 g/mol. The quantitative estimate of drug-likeness (QED) is 0.465. The second-order valence-corrected chi connectivity index (χ2v) is 4.54. The molecule has 0 aromatic carbocycles. The molecule has 0 aromatic heterocycles. The van der Waals surface area contributed by atoms with Crippen LogP contribution in [0.4, 0.5) is 0 Å². The van der Waals surface area contributed by atoms with Gasteiger partial charge in [0.1, 0.15) is 6.29 Å². The first-order valence-electron chi connectivity index (χ1n) is 4.70. The number of aldehydes is 1. The molecule has 68 valence electrons. The van der Waals surface area contributed by atoms with E-state index in [0.29, 0.717) is 5.92 Å². The van der Waals surface area contributed by atoms with Crippen molar-refractivity contribution >= 4 is 6.29 Å². The first-order valence-corrected chi connectivity index (χ1v) is 4.70. The van der Waals surface area contributed by atoms with Crippen LogP contribution in [0, 0.1) is 11.3 Å². The highest BCUT2D eigenvalue weighted by Gasteiger charge is 2.23. The van der Waals surface area contributed by atoms with Gasteiger partial charge in [-0.2, -0.15) is 0 Å². The van der Waals surface area contributed by atoms with Crippen molar-refractivity contribution in [2.45, 2.75) is 40.0 Å². The average molecular weight is 166 g/mol. The highest BCUT2D eigenvalue weighted by atomic mass is 16.1. The number of hydrogen-bond acceptors (Lipinski definition) is 1. The molecule has 0 bridgehead atoms. The molecule has 0 heterocycles. The summed E-state index contributed by atoms with van der Waals surface area (Å²) in [5.41, 5.74) is 1.32. The fourth-order valence-corrected chi connectivity index (χ4v) is 1.72. The first-order chi connectivity index (χ1) is 5.55. The van der Waals surface area contributed by atoms with Crippen LogP contribution in [0.3, 0.4) is 0 Å². The predicted molar refractivity (Wildman–Crippen MR) is 50.9 cm³/mol. The molecule has 1 aliphatic carbocycles. The van der Waals surface area contributed by atoms with Gasteiger partial charge in [-0.05, 0) is 25.2 Å². The van der Waals surface area contributed by atoms with Crippen molar-refractivity contribution in [3.05, 3.63) is 11.6 Å². The standard InChI is InChI=1S/C11H18O/c1-9-5-4-6-10(9)7-11(2,3)8-12/h6,8-9H,4-5,7H2,1-3H3. The Kier molecular flexibility index (Phi) is 2.71. The van der Waals surface area contributed by atoms with Gasteiger partial charge in [0.05, 0.1) is 0 Å². The summed E-state index contributed by atoms with van der Waals surface area (Å²) in [6.07, 6.45) is 6.78. The molecule has 1 heteroatoms. The number of carbonyl (C=O) groups is 1. The van der Waals surface area contributed by atoms with Crippen molar-refractivity contribution in [1.29, 1.82) is 0 Å². The van der Waals surface area contributed by atoms with Gasteiger partial charge >= 0.3 is 0 Å². The summed E-state index contributed by atoms with van der Waals surface area (Å²) in [6, 6.07) is 0. The van der Waals surface area contributed by atoms with Crippen LogP contribution in [0.15, 0.2) is 11.6 Å². The van der Waals surface area contributed by atoms with Crippen LogP contribution in [-0.2, 0) is 4.79 Å². The summed E-state index contributed by atoms with van der Waals surface area (Å²) in [5.74, 6) is 0.698. The molecular formula is C11H18O. The highest BCUT2D eigenvalue weighted by molar-refractivity contribution is 5.58. The number of hydrogen-bond donors (Lipinski definition) is 0. The molecule has 0 aromatic rings. The van der Waals surface area contributed by atoms with Gasteiger partial charge in [0.25, 0.3) is 0 Å². The lowest BCUT2D eigenvalue weighted by Gasteiger charge is -2.19. The normalized spacial score (nSPS) is 23.9. The Labute approximate surface area is 74.9 Å². The molecule has 0 amide bonds. The van der Waals surface area contributed by atoms with Crippen molar-refractivity contribution in [2.75, 3.05) is 0 Å². The molecule has 0 saturated heterocycles. The summed E-state index contributed by atoms with van der Waals surface area (Å²) in [6.45, 7) is 6.26. The zero-order chi connectivity index (χ0) is 9.19. The second-order valence-electron chi connectivity index (χ2n) is 4.54. The minimum atomic E-state index is -0.162. The molecule has 1 nitrogen and oxygen atoms in total. The van der Waals surface area contributed by atoms with E-state index in [1.165, 1.54) is 18.4 Å². The maximum absolute atomic E-state index is 10.7. The van der Waals surface area contributed by atoms with Gasteiger partial charge in [0.2, 0.25) is 0 Å². The van der Waals surface area contributed by atoms with Crippen LogP contribution in [0.25, 0.3) is 0 Å². The molecule has 1 aliphatic rings. The van der Waals surface area contributed by atoms with Crippen molar-refractivity contribution in [3.8, 4) is 0 Å². The number of carbonyl (C=O) groups excluding carboxylic acids is 1. The van der Waals surface area contributed by atoms with Gasteiger partial charge < -0.3 is 4.79 Å². The van der Waals surface area contributed by atoms with E-state index >= 15 is 0 Å². The Balaban J connectivity index is 2.56. The Morgan fingerprint density at radius 2 is 2.33 bits per heavy atom. The Morgan fingerprint density at radius 3 is 2.75 bits per heavy atom. The van der Waals surface area contributed by atoms with Crippen LogP contribution in [0.1, 0.15) is 40.0 Å². The molecular weight excluding hydrogens is 148 g/mol. The second kappa shape index (κ2) is 3.42. The van der Waals surface area contributed by atoms with Gasteiger partial charge in [-0.3, -0.25) is 0 Å². The van der Waals surface area contributed by atoms with E-state index in [1.807, 2.05) is 13.8 Å². The van der Waals surface area contributed by atoms with Crippen LogP contribution >= 0.6 is 0 Å². The maximum atomic E-state index is 10.7. The van der Waals surface area contributed by atoms with E-state index in [0.717, 1.165) is 12.7 Å². The Hall–Kier alpha value is -0.590. The average Bonchev–Trinajstić information content (AvgIpc) is 2.36. The lowest BCUT2D eigenvalue weighted by atomic mass is 9.84. The van der Waals surface area contributed by atoms with Crippen LogP contribution < -0.4 is 0 Å². The number of allylic oxidation sites excluding steroid dienone is 2. The van der Waals surface area contributed by atoms with Crippen molar-refractivity contribution in [2.24, 2.45) is 11.3 Å². The van der Waals surface area contributed by atoms with Crippen molar-refractivity contribution in [1.82, 2.24) is 0 Å². The lowest BCUT2D eigenvalue weighted by Crippen LogP contribution is -2.15. The van der Waals surface area contributed by atoms with E-state index < -0.39 is 0 Å². The third-order valence-corrected chi connectivity index (χ3v) is 2.62. The first kappa shape index (κ1) is 9.50. The third-order valence-electron chi connectivity index (χ3n) is 2.62. The fourth-order valence-electron chi connectivity index (χ4n) is 1.72. The Bertz CT molecular complexity index is 201. The summed E-state index contributed by atoms with van der Waals surface area (Å²) < 4.78 is 0. The van der Waals surface area contributed by atoms with Gasteiger partial charge in [0.15, 0.2) is 0 Å². The van der Waals surface area contributed by atoms with E-state index in [9.17, 15) is 4.79 Å². The molecule has 0 spiro atoms. The molecule has 0 N–H and O–H groups in total. The lowest BCUT2D eigenvalue weighted by molar-refractivity contribution is -0.114. The SMILES string of the molecule is CC1CCC=C1CC(C)(C)C=O. The van der Waals surface area contributed by atoms with E-state index in [-0.39, 0.29) is 5.41 Å². The van der Waals surface area contributed by atoms with Gasteiger partial charge in [0, 0.05) is 5.41 Å². The van der Waals surface area contributed by atoms with Crippen LogP contribution in [0.2, 0.25) is 0 Å². The zero-order valence-corrected chi connectivity index (χ0v) is 8.26. The largest absolute Gasteiger partial charge is 0.303 e. The zero-order valence-electron chi connectivity index (χ0n) is 8.26. The minimum Gasteiger partial charge on any atom is -0.303 e. The smallest absolute Gasteiger partial charge is 0.125 e.